The summed E-state index contributed by atoms with van der Waals surface area (Å²) in [5.41, 5.74) is 2.25. The lowest BCUT2D eigenvalue weighted by Crippen LogP contribution is -2.84. The Morgan fingerprint density at radius 2 is 1.47 bits per heavy atom. The van der Waals surface area contributed by atoms with E-state index in [2.05, 4.69) is 57.9 Å². The number of fused-ring (bicyclic) bond motifs is 2. The monoisotopic (exact) mass is 845 g/mol. The second kappa shape index (κ2) is 16.5. The number of likely N-dealkylation sites (tertiary alicyclic amines) is 1. The summed E-state index contributed by atoms with van der Waals surface area (Å²) < 4.78 is 1.68. The fourth-order valence-corrected chi connectivity index (χ4v) is 11.5. The molecule has 6 aliphatic heterocycles. The number of carbonyl (C=O) groups is 4. The molecular weight excluding hydrogens is 794 g/mol. The second-order valence-electron chi connectivity index (χ2n) is 15.8. The molecule has 308 valence electrons. The Kier molecular flexibility index (Phi) is 12.9. The molecule has 15 atom stereocenters. The van der Waals surface area contributed by atoms with Gasteiger partial charge in [0, 0.05) is 48.4 Å². The molecule has 19 heteroatoms. The number of hydrogen-bond donors (Lipinski definition) is 10. The van der Waals surface area contributed by atoms with Crippen LogP contribution >= 0.6 is 15.9 Å². The average Bonchev–Trinajstić information content (AvgIpc) is 3.52. The van der Waals surface area contributed by atoms with Gasteiger partial charge in [-0.3, -0.25) is 4.48 Å². The second-order valence-corrected chi connectivity index (χ2v) is 16.7. The Balaban J connectivity index is 0.000000241. The van der Waals surface area contributed by atoms with Gasteiger partial charge in [-0.15, -0.1) is 0 Å². The minimum atomic E-state index is -2.38. The molecule has 55 heavy (non-hydrogen) atoms. The van der Waals surface area contributed by atoms with Crippen LogP contribution in [0.5, 0.6) is 0 Å². The van der Waals surface area contributed by atoms with E-state index in [0.717, 1.165) is 36.8 Å². The molecule has 5 bridgehead atoms. The topological polar surface area (TPSA) is 300 Å². The van der Waals surface area contributed by atoms with Crippen LogP contribution in [0.25, 0.3) is 0 Å². The van der Waals surface area contributed by atoms with Crippen LogP contribution in [0, 0.1) is 17.8 Å². The lowest BCUT2D eigenvalue weighted by atomic mass is 9.60. The van der Waals surface area contributed by atoms with Gasteiger partial charge in [0.25, 0.3) is 0 Å². The lowest BCUT2D eigenvalue weighted by molar-refractivity contribution is -1.04. The van der Waals surface area contributed by atoms with Crippen molar-refractivity contribution in [2.45, 2.75) is 112 Å². The number of benzene rings is 1. The summed E-state index contributed by atoms with van der Waals surface area (Å²) in [6, 6.07) is 7.18. The number of carboxylic acids is 4. The van der Waals surface area contributed by atoms with Crippen molar-refractivity contribution in [1.29, 1.82) is 0 Å². The van der Waals surface area contributed by atoms with E-state index >= 15 is 0 Å². The van der Waals surface area contributed by atoms with E-state index in [4.69, 9.17) is 35.7 Å². The van der Waals surface area contributed by atoms with Gasteiger partial charge in [-0.2, -0.15) is 0 Å². The zero-order valence-electron chi connectivity index (χ0n) is 30.5. The van der Waals surface area contributed by atoms with Crippen molar-refractivity contribution in [2.75, 3.05) is 38.1 Å². The minimum absolute atomic E-state index is 0.155. The number of hydrogen-bond acceptors (Lipinski definition) is 14. The van der Waals surface area contributed by atoms with E-state index in [0.29, 0.717) is 23.5 Å². The van der Waals surface area contributed by atoms with Crippen LogP contribution in [0.4, 0.5) is 5.69 Å². The number of aliphatic hydroxyl groups excluding tert-OH is 7. The number of piperidine rings is 5. The molecular formula is C36H52BrN3O15. The third-order valence-corrected chi connectivity index (χ3v) is 13.7. The number of quaternary nitrogens is 1. The standard InChI is InChI=1S/C28H41BrN3O3.2C4H6O6/c1-3-18-19-12-22-25-28(20-11-16(29)7-8-21(20)30(25)2)13-23(24(19)26(28)34)32(22,27(18)35)15-17(33)14-31-9-5-4-6-10-31;2*5-1(3(7)8)2(6)4(9)10/h7-8,11,17-19,22-27,33-35H,3-6,9-10,12-15H2,1-2H3;2*1-2,5-6H,(H,7,8)(H,9,10)/q+1;;/p-1/t17?,18-,19?,22-,23-,24?,25-,26?,27+,28?,32?;2*1-,2-/m011/s1. The maximum atomic E-state index is 12.2. The third-order valence-electron chi connectivity index (χ3n) is 13.2. The van der Waals surface area contributed by atoms with Gasteiger partial charge < -0.3 is 70.8 Å². The number of aliphatic hydroxyl groups is 7. The molecule has 18 nitrogen and oxygen atoms in total. The Morgan fingerprint density at radius 1 is 0.909 bits per heavy atom. The molecule has 1 spiro atoms. The zero-order chi connectivity index (χ0) is 40.9. The molecule has 6 unspecified atom stereocenters. The maximum Gasteiger partial charge on any atom is 0.335 e. The van der Waals surface area contributed by atoms with Gasteiger partial charge in [-0.25, -0.2) is 14.4 Å². The van der Waals surface area contributed by atoms with E-state index in [9.17, 15) is 39.6 Å². The van der Waals surface area contributed by atoms with Gasteiger partial charge in [0.15, 0.2) is 24.5 Å². The molecule has 0 aromatic heterocycles. The Morgan fingerprint density at radius 3 is 1.98 bits per heavy atom. The van der Waals surface area contributed by atoms with Gasteiger partial charge in [-0.1, -0.05) is 29.3 Å². The largest absolute Gasteiger partial charge is 0.547 e. The van der Waals surface area contributed by atoms with E-state index in [1.54, 1.807) is 0 Å². The van der Waals surface area contributed by atoms with E-state index in [1.807, 2.05) is 0 Å². The molecule has 1 saturated carbocycles. The number of carboxylic acid groups (broad SMARTS) is 4. The summed E-state index contributed by atoms with van der Waals surface area (Å²) in [4.78, 5) is 43.8. The van der Waals surface area contributed by atoms with Crippen molar-refractivity contribution in [1.82, 2.24) is 4.90 Å². The van der Waals surface area contributed by atoms with E-state index in [-0.39, 0.29) is 35.4 Å². The van der Waals surface area contributed by atoms with Gasteiger partial charge in [-0.05, 0) is 62.0 Å². The molecule has 8 rings (SSSR count). The Labute approximate surface area is 325 Å². The van der Waals surface area contributed by atoms with Crippen LogP contribution in [-0.4, -0.2) is 179 Å². The number of β-amino-alcohol motifs (C(OH)–C–C–N with tert-alkyl or cyclic N) is 1. The molecule has 0 amide bonds. The molecule has 0 radical (unpaired) electrons. The van der Waals surface area contributed by atoms with Crippen molar-refractivity contribution < 1.29 is 79.8 Å². The summed E-state index contributed by atoms with van der Waals surface area (Å²) in [7, 11) is 2.20. The number of likely N-dealkylation sites (N-methyl/N-ethyl adjacent to an activating group) is 1. The van der Waals surface area contributed by atoms with Crippen LogP contribution in [0.2, 0.25) is 0 Å². The van der Waals surface area contributed by atoms with Gasteiger partial charge in [0.1, 0.15) is 24.8 Å². The van der Waals surface area contributed by atoms with E-state index in [1.165, 1.54) is 30.5 Å². The summed E-state index contributed by atoms with van der Waals surface area (Å²) in [6.45, 7) is 5.67. The number of nitrogens with zero attached hydrogens (tertiary/aromatic N) is 3. The van der Waals surface area contributed by atoms with Gasteiger partial charge in [0.05, 0.1) is 29.6 Å². The molecule has 1 aliphatic carbocycles. The highest BCUT2D eigenvalue weighted by Crippen LogP contribution is 2.71. The quantitative estimate of drug-likeness (QED) is 0.1000. The molecule has 7 aliphatic rings. The fourth-order valence-electron chi connectivity index (χ4n) is 11.2. The number of carbonyl (C=O) groups excluding carboxylic acids is 1. The van der Waals surface area contributed by atoms with Crippen LogP contribution in [0.3, 0.4) is 0 Å². The van der Waals surface area contributed by atoms with Crippen molar-refractivity contribution in [2.24, 2.45) is 17.8 Å². The fraction of sp³-hybridized carbons (Fsp3) is 0.722. The van der Waals surface area contributed by atoms with Gasteiger partial charge in [0.2, 0.25) is 0 Å². The molecule has 10 N–H and O–H groups in total. The first-order valence-electron chi connectivity index (χ1n) is 18.6. The molecule has 5 saturated heterocycles. The summed E-state index contributed by atoms with van der Waals surface area (Å²) in [5.74, 6) is -6.60. The highest BCUT2D eigenvalue weighted by atomic mass is 79.9. The molecule has 6 heterocycles. The van der Waals surface area contributed by atoms with Crippen LogP contribution < -0.4 is 10.0 Å². The first-order valence-corrected chi connectivity index (χ1v) is 19.3. The average molecular weight is 847 g/mol. The summed E-state index contributed by atoms with van der Waals surface area (Å²) in [5, 5.41) is 103. The Bertz CT molecular complexity index is 1540. The SMILES string of the molecule is CC[C@H]1C2C[C@H]3[C@@H]4N(C)c5ccc(Br)cc5C45C[C@@H](C2C5O)[N+]3(CC(O)CN2CCCCC2)[C@@H]1O.O=C(O)[C@H](O)[C@@H](O)C(=O)O.O=C([O-])[C@H](O)[C@@H](O)C(=O)O. The lowest BCUT2D eigenvalue weighted by Gasteiger charge is -2.68. The Hall–Kier alpha value is -2.98. The van der Waals surface area contributed by atoms with Crippen molar-refractivity contribution in [3.05, 3.63) is 28.2 Å². The number of anilines is 1. The van der Waals surface area contributed by atoms with Crippen molar-refractivity contribution in [3.63, 3.8) is 0 Å². The predicted octanol–water partition coefficient (Wildman–Crippen LogP) is -2.90. The predicted molar refractivity (Wildman–Crippen MR) is 191 cm³/mol. The number of aliphatic carboxylic acids is 4. The van der Waals surface area contributed by atoms with E-state index < -0.39 is 66.7 Å². The van der Waals surface area contributed by atoms with Crippen LogP contribution in [-0.2, 0) is 24.6 Å². The smallest absolute Gasteiger partial charge is 0.335 e. The van der Waals surface area contributed by atoms with Crippen LogP contribution in [0.15, 0.2) is 22.7 Å². The zero-order valence-corrected chi connectivity index (χ0v) is 32.1. The van der Waals surface area contributed by atoms with Crippen LogP contribution in [0.1, 0.15) is 51.0 Å². The molecule has 1 aromatic rings. The highest BCUT2D eigenvalue weighted by molar-refractivity contribution is 9.10. The third kappa shape index (κ3) is 7.25. The molecule has 1 aromatic carbocycles. The summed E-state index contributed by atoms with van der Waals surface area (Å²) >= 11 is 3.71. The number of halogens is 1. The molecule has 6 fully saturated rings. The normalized spacial score (nSPS) is 36.5. The van der Waals surface area contributed by atoms with Gasteiger partial charge >= 0.3 is 17.9 Å². The minimum Gasteiger partial charge on any atom is -0.547 e. The summed E-state index contributed by atoms with van der Waals surface area (Å²) in [6.07, 6.45) is -3.91. The number of rotatable bonds is 11. The first-order chi connectivity index (χ1) is 25.8. The highest BCUT2D eigenvalue weighted by Gasteiger charge is 2.83. The first kappa shape index (κ1) is 43.1. The van der Waals surface area contributed by atoms with Crippen molar-refractivity contribution >= 4 is 45.5 Å². The van der Waals surface area contributed by atoms with Crippen molar-refractivity contribution in [3.8, 4) is 0 Å². The maximum absolute atomic E-state index is 12.2.